The van der Waals surface area contributed by atoms with E-state index in [9.17, 15) is 4.79 Å². The number of para-hydroxylation sites is 2. The zero-order valence-electron chi connectivity index (χ0n) is 11.9. The molecule has 2 aromatic carbocycles. The minimum Gasteiger partial charge on any atom is -0.407 e. The Kier molecular flexibility index (Phi) is 2.78. The average Bonchev–Trinajstić information content (AvgIpc) is 2.73. The van der Waals surface area contributed by atoms with Crippen LogP contribution in [0.2, 0.25) is 0 Å². The van der Waals surface area contributed by atoms with Crippen LogP contribution in [0.5, 0.6) is 0 Å². The fraction of sp³-hybridized carbons (Fsp3) is 0.235. The number of rotatable bonds is 1. The van der Waals surface area contributed by atoms with Crippen LogP contribution in [-0.2, 0) is 5.41 Å². The maximum Gasteiger partial charge on any atom is 0.424 e. The lowest BCUT2D eigenvalue weighted by molar-refractivity contribution is 0.540. The molecule has 3 nitrogen and oxygen atoms in total. The molecule has 0 N–H and O–H groups in total. The number of oxazole rings is 1. The minimum atomic E-state index is -0.352. The van der Waals surface area contributed by atoms with Crippen molar-refractivity contribution in [3.63, 3.8) is 0 Å². The fourth-order valence-electron chi connectivity index (χ4n) is 2.32. The first-order valence-corrected chi connectivity index (χ1v) is 6.68. The van der Waals surface area contributed by atoms with Crippen molar-refractivity contribution in [1.29, 1.82) is 0 Å². The molecule has 1 aromatic heterocycles. The van der Waals surface area contributed by atoms with Crippen LogP contribution in [0.4, 0.5) is 0 Å². The average molecular weight is 267 g/mol. The Bertz CT molecular complexity index is 801. The summed E-state index contributed by atoms with van der Waals surface area (Å²) < 4.78 is 6.86. The van der Waals surface area contributed by atoms with Gasteiger partial charge in [-0.2, -0.15) is 0 Å². The van der Waals surface area contributed by atoms with E-state index in [2.05, 4.69) is 32.9 Å². The quantitative estimate of drug-likeness (QED) is 0.670. The summed E-state index contributed by atoms with van der Waals surface area (Å²) in [6, 6.07) is 15.5. The molecule has 20 heavy (non-hydrogen) atoms. The number of nitrogens with zero attached hydrogens (tertiary/aromatic N) is 1. The van der Waals surface area contributed by atoms with Gasteiger partial charge in [0.1, 0.15) is 0 Å². The molecule has 0 atom stereocenters. The van der Waals surface area contributed by atoms with Crippen molar-refractivity contribution in [3.8, 4) is 5.69 Å². The maximum absolute atomic E-state index is 12.0. The number of benzene rings is 2. The first-order valence-electron chi connectivity index (χ1n) is 6.68. The van der Waals surface area contributed by atoms with Gasteiger partial charge in [0.25, 0.3) is 0 Å². The third-order valence-corrected chi connectivity index (χ3v) is 3.48. The Morgan fingerprint density at radius 2 is 1.60 bits per heavy atom. The van der Waals surface area contributed by atoms with Crippen LogP contribution >= 0.6 is 0 Å². The Morgan fingerprint density at radius 1 is 0.950 bits per heavy atom. The lowest BCUT2D eigenvalue weighted by Crippen LogP contribution is -2.13. The van der Waals surface area contributed by atoms with Crippen molar-refractivity contribution in [1.82, 2.24) is 4.57 Å². The molecule has 0 fully saturated rings. The molecule has 0 aliphatic rings. The van der Waals surface area contributed by atoms with Crippen LogP contribution in [0.3, 0.4) is 0 Å². The van der Waals surface area contributed by atoms with E-state index in [1.165, 1.54) is 5.56 Å². The monoisotopic (exact) mass is 267 g/mol. The van der Waals surface area contributed by atoms with Crippen LogP contribution in [-0.4, -0.2) is 4.57 Å². The Balaban J connectivity index is 2.17. The van der Waals surface area contributed by atoms with Crippen molar-refractivity contribution >= 4 is 11.1 Å². The van der Waals surface area contributed by atoms with Crippen molar-refractivity contribution in [2.75, 3.05) is 0 Å². The molecule has 0 unspecified atom stereocenters. The smallest absolute Gasteiger partial charge is 0.407 e. The van der Waals surface area contributed by atoms with Crippen molar-refractivity contribution < 1.29 is 4.42 Å². The molecule has 0 aliphatic carbocycles. The van der Waals surface area contributed by atoms with Crippen LogP contribution in [0, 0.1) is 0 Å². The normalized spacial score (nSPS) is 11.9. The molecule has 0 saturated heterocycles. The van der Waals surface area contributed by atoms with Gasteiger partial charge >= 0.3 is 5.76 Å². The van der Waals surface area contributed by atoms with E-state index in [0.29, 0.717) is 5.58 Å². The van der Waals surface area contributed by atoms with Gasteiger partial charge in [0.15, 0.2) is 5.58 Å². The van der Waals surface area contributed by atoms with E-state index in [-0.39, 0.29) is 11.2 Å². The van der Waals surface area contributed by atoms with Crippen molar-refractivity contribution in [2.24, 2.45) is 0 Å². The van der Waals surface area contributed by atoms with E-state index in [1.807, 2.05) is 30.3 Å². The SMILES string of the molecule is CC(C)(C)c1ccc(-n2c(=O)oc3ccccc32)cc1. The van der Waals surface area contributed by atoms with Crippen LogP contribution in [0.15, 0.2) is 57.7 Å². The molecule has 0 amide bonds. The molecule has 1 heterocycles. The lowest BCUT2D eigenvalue weighted by Gasteiger charge is -2.19. The van der Waals surface area contributed by atoms with Gasteiger partial charge in [-0.3, -0.25) is 0 Å². The summed E-state index contributed by atoms with van der Waals surface area (Å²) in [5, 5.41) is 0. The highest BCUT2D eigenvalue weighted by Gasteiger charge is 2.15. The maximum atomic E-state index is 12.0. The van der Waals surface area contributed by atoms with Gasteiger partial charge in [-0.15, -0.1) is 0 Å². The van der Waals surface area contributed by atoms with Crippen molar-refractivity contribution in [3.05, 3.63) is 64.6 Å². The van der Waals surface area contributed by atoms with Gasteiger partial charge in [-0.25, -0.2) is 9.36 Å². The second kappa shape index (κ2) is 4.37. The predicted octanol–water partition coefficient (Wildman–Crippen LogP) is 3.88. The van der Waals surface area contributed by atoms with Gasteiger partial charge in [0, 0.05) is 0 Å². The van der Waals surface area contributed by atoms with E-state index in [4.69, 9.17) is 4.42 Å². The Hall–Kier alpha value is -2.29. The summed E-state index contributed by atoms with van der Waals surface area (Å²) in [5.41, 5.74) is 3.57. The van der Waals surface area contributed by atoms with E-state index >= 15 is 0 Å². The predicted molar refractivity (Wildman–Crippen MR) is 80.5 cm³/mol. The molecule has 0 spiro atoms. The third-order valence-electron chi connectivity index (χ3n) is 3.48. The van der Waals surface area contributed by atoms with Gasteiger partial charge in [0.2, 0.25) is 0 Å². The van der Waals surface area contributed by atoms with Gasteiger partial charge < -0.3 is 4.42 Å². The van der Waals surface area contributed by atoms with Crippen LogP contribution in [0.25, 0.3) is 16.8 Å². The molecule has 0 aliphatic heterocycles. The zero-order chi connectivity index (χ0) is 14.3. The number of aromatic nitrogens is 1. The van der Waals surface area contributed by atoms with Crippen LogP contribution in [0.1, 0.15) is 26.3 Å². The van der Waals surface area contributed by atoms with Crippen LogP contribution < -0.4 is 5.76 Å². The summed E-state index contributed by atoms with van der Waals surface area (Å²) >= 11 is 0. The fourth-order valence-corrected chi connectivity index (χ4v) is 2.32. The molecule has 3 aromatic rings. The highest BCUT2D eigenvalue weighted by atomic mass is 16.4. The van der Waals surface area contributed by atoms with Gasteiger partial charge in [0.05, 0.1) is 11.2 Å². The molecular weight excluding hydrogens is 250 g/mol. The zero-order valence-corrected chi connectivity index (χ0v) is 11.9. The molecule has 102 valence electrons. The molecule has 3 heteroatoms. The lowest BCUT2D eigenvalue weighted by atomic mass is 9.87. The first-order chi connectivity index (χ1) is 9.47. The number of fused-ring (bicyclic) bond motifs is 1. The molecule has 0 saturated carbocycles. The van der Waals surface area contributed by atoms with E-state index in [0.717, 1.165) is 11.2 Å². The van der Waals surface area contributed by atoms with Gasteiger partial charge in [-0.05, 0) is 35.2 Å². The number of hydrogen-bond donors (Lipinski definition) is 0. The second-order valence-electron chi connectivity index (χ2n) is 5.97. The number of hydrogen-bond acceptors (Lipinski definition) is 2. The highest BCUT2D eigenvalue weighted by molar-refractivity contribution is 5.74. The molecule has 3 rings (SSSR count). The van der Waals surface area contributed by atoms with Crippen molar-refractivity contribution in [2.45, 2.75) is 26.2 Å². The topological polar surface area (TPSA) is 35.1 Å². The summed E-state index contributed by atoms with van der Waals surface area (Å²) in [4.78, 5) is 12.0. The minimum absolute atomic E-state index is 0.0992. The first kappa shape index (κ1) is 12.7. The Labute approximate surface area is 117 Å². The summed E-state index contributed by atoms with van der Waals surface area (Å²) in [7, 11) is 0. The van der Waals surface area contributed by atoms with E-state index in [1.54, 1.807) is 10.6 Å². The Morgan fingerprint density at radius 3 is 2.25 bits per heavy atom. The van der Waals surface area contributed by atoms with Gasteiger partial charge in [-0.1, -0.05) is 45.0 Å². The van der Waals surface area contributed by atoms with E-state index < -0.39 is 0 Å². The standard InChI is InChI=1S/C17H17NO2/c1-17(2,3)12-8-10-13(11-9-12)18-14-6-4-5-7-15(14)20-16(18)19/h4-11H,1-3H3. The molecule has 0 radical (unpaired) electrons. The summed E-state index contributed by atoms with van der Waals surface area (Å²) in [5.74, 6) is -0.352. The second-order valence-corrected chi connectivity index (χ2v) is 5.97. The summed E-state index contributed by atoms with van der Waals surface area (Å²) in [6.07, 6.45) is 0. The largest absolute Gasteiger partial charge is 0.424 e. The molecular formula is C17H17NO2. The third kappa shape index (κ3) is 2.05. The summed E-state index contributed by atoms with van der Waals surface area (Å²) in [6.45, 7) is 6.50. The highest BCUT2D eigenvalue weighted by Crippen LogP contribution is 2.24. The molecule has 0 bridgehead atoms.